The maximum Gasteiger partial charge on any atom is 0.218 e. The fraction of sp³-hybridized carbons (Fsp3) is 0.929. The van der Waals surface area contributed by atoms with Gasteiger partial charge in [-0.3, -0.25) is 4.79 Å². The molecular formula is C14H28N2O3. The molecule has 1 aliphatic carbocycles. The maximum atomic E-state index is 10.7. The summed E-state index contributed by atoms with van der Waals surface area (Å²) in [5, 5.41) is 12.9. The first-order valence-electron chi connectivity index (χ1n) is 7.28. The Bertz CT molecular complexity index is 273. The van der Waals surface area contributed by atoms with Gasteiger partial charge in [-0.05, 0) is 25.7 Å². The second-order valence-corrected chi connectivity index (χ2v) is 5.86. The number of hydrogen-bond acceptors (Lipinski definition) is 4. The SMILES string of the molecule is CC1CCCC(OCC(O)CNC(C)CC(N)=O)C1. The molecule has 0 saturated heterocycles. The first-order chi connectivity index (χ1) is 8.97. The molecule has 112 valence electrons. The fourth-order valence-corrected chi connectivity index (χ4v) is 2.55. The van der Waals surface area contributed by atoms with Crippen molar-refractivity contribution in [2.24, 2.45) is 11.7 Å². The molecule has 1 saturated carbocycles. The van der Waals surface area contributed by atoms with E-state index in [9.17, 15) is 9.90 Å². The first-order valence-corrected chi connectivity index (χ1v) is 7.28. The normalized spacial score (nSPS) is 26.9. The van der Waals surface area contributed by atoms with E-state index in [-0.39, 0.29) is 18.4 Å². The molecule has 1 aliphatic rings. The Morgan fingerprint density at radius 1 is 1.53 bits per heavy atom. The van der Waals surface area contributed by atoms with Gasteiger partial charge in [-0.2, -0.15) is 0 Å². The highest BCUT2D eigenvalue weighted by Crippen LogP contribution is 2.25. The summed E-state index contributed by atoms with van der Waals surface area (Å²) < 4.78 is 5.75. The van der Waals surface area contributed by atoms with Gasteiger partial charge in [0.15, 0.2) is 0 Å². The number of primary amides is 1. The maximum absolute atomic E-state index is 10.7. The molecule has 5 nitrogen and oxygen atoms in total. The molecular weight excluding hydrogens is 244 g/mol. The van der Waals surface area contributed by atoms with Crippen LogP contribution in [0.15, 0.2) is 0 Å². The molecule has 4 N–H and O–H groups in total. The molecule has 4 atom stereocenters. The van der Waals surface area contributed by atoms with Gasteiger partial charge < -0.3 is 20.9 Å². The zero-order valence-electron chi connectivity index (χ0n) is 12.1. The quantitative estimate of drug-likeness (QED) is 0.610. The second kappa shape index (κ2) is 8.51. The van der Waals surface area contributed by atoms with E-state index in [0.717, 1.165) is 18.8 Å². The zero-order chi connectivity index (χ0) is 14.3. The molecule has 19 heavy (non-hydrogen) atoms. The molecule has 0 aromatic rings. The summed E-state index contributed by atoms with van der Waals surface area (Å²) in [5.74, 6) is 0.395. The molecule has 0 aliphatic heterocycles. The molecule has 0 aromatic heterocycles. The zero-order valence-corrected chi connectivity index (χ0v) is 12.1. The number of amides is 1. The van der Waals surface area contributed by atoms with E-state index in [0.29, 0.717) is 19.3 Å². The number of rotatable bonds is 8. The Labute approximate surface area is 115 Å². The van der Waals surface area contributed by atoms with Gasteiger partial charge in [0.2, 0.25) is 5.91 Å². The van der Waals surface area contributed by atoms with Crippen molar-refractivity contribution in [3.05, 3.63) is 0 Å². The van der Waals surface area contributed by atoms with Crippen molar-refractivity contribution >= 4 is 5.91 Å². The fourth-order valence-electron chi connectivity index (χ4n) is 2.55. The van der Waals surface area contributed by atoms with Crippen molar-refractivity contribution in [3.63, 3.8) is 0 Å². The average Bonchev–Trinajstić information content (AvgIpc) is 2.33. The van der Waals surface area contributed by atoms with Crippen LogP contribution in [0.4, 0.5) is 0 Å². The van der Waals surface area contributed by atoms with E-state index in [4.69, 9.17) is 10.5 Å². The monoisotopic (exact) mass is 272 g/mol. The third-order valence-corrected chi connectivity index (χ3v) is 3.62. The molecule has 0 heterocycles. The lowest BCUT2D eigenvalue weighted by atomic mass is 9.89. The van der Waals surface area contributed by atoms with Crippen LogP contribution in [0.1, 0.15) is 46.0 Å². The molecule has 0 bridgehead atoms. The topological polar surface area (TPSA) is 84.6 Å². The number of aliphatic hydroxyl groups is 1. The van der Waals surface area contributed by atoms with Gasteiger partial charge >= 0.3 is 0 Å². The minimum atomic E-state index is -0.535. The molecule has 1 fully saturated rings. The standard InChI is InChI=1S/C14H28N2O3/c1-10-4-3-5-13(6-10)19-9-12(17)8-16-11(2)7-14(15)18/h10-13,16-17H,3-9H2,1-2H3,(H2,15,18). The first kappa shape index (κ1) is 16.4. The Kier molecular flexibility index (Phi) is 7.34. The highest BCUT2D eigenvalue weighted by Gasteiger charge is 2.20. The van der Waals surface area contributed by atoms with Crippen LogP contribution in [-0.4, -0.2) is 42.4 Å². The summed E-state index contributed by atoms with van der Waals surface area (Å²) in [6, 6.07) is -0.0122. The van der Waals surface area contributed by atoms with Gasteiger partial charge in [0.05, 0.1) is 18.8 Å². The van der Waals surface area contributed by atoms with Crippen LogP contribution < -0.4 is 11.1 Å². The minimum Gasteiger partial charge on any atom is -0.389 e. The highest BCUT2D eigenvalue weighted by molar-refractivity contribution is 5.74. The van der Waals surface area contributed by atoms with Crippen LogP contribution >= 0.6 is 0 Å². The van der Waals surface area contributed by atoms with E-state index >= 15 is 0 Å². The minimum absolute atomic E-state index is 0.0122. The number of hydrogen-bond donors (Lipinski definition) is 3. The molecule has 0 radical (unpaired) electrons. The lowest BCUT2D eigenvalue weighted by molar-refractivity contribution is -0.118. The molecule has 1 rings (SSSR count). The van der Waals surface area contributed by atoms with Crippen LogP contribution in [-0.2, 0) is 9.53 Å². The van der Waals surface area contributed by atoms with Crippen molar-refractivity contribution in [3.8, 4) is 0 Å². The Morgan fingerprint density at radius 2 is 2.26 bits per heavy atom. The van der Waals surface area contributed by atoms with Crippen LogP contribution in [0, 0.1) is 5.92 Å². The van der Waals surface area contributed by atoms with Crippen LogP contribution in [0.2, 0.25) is 0 Å². The van der Waals surface area contributed by atoms with Gasteiger partial charge in [0, 0.05) is 19.0 Å². The van der Waals surface area contributed by atoms with Crippen LogP contribution in [0.5, 0.6) is 0 Å². The summed E-state index contributed by atoms with van der Waals surface area (Å²) in [5.41, 5.74) is 5.10. The van der Waals surface area contributed by atoms with Crippen LogP contribution in [0.3, 0.4) is 0 Å². The smallest absolute Gasteiger partial charge is 0.218 e. The van der Waals surface area contributed by atoms with Gasteiger partial charge in [-0.25, -0.2) is 0 Å². The Morgan fingerprint density at radius 3 is 2.89 bits per heavy atom. The Balaban J connectivity index is 2.10. The number of ether oxygens (including phenoxy) is 1. The van der Waals surface area contributed by atoms with Gasteiger partial charge in [0.25, 0.3) is 0 Å². The van der Waals surface area contributed by atoms with E-state index in [1.165, 1.54) is 12.8 Å². The number of aliphatic hydroxyl groups excluding tert-OH is 1. The van der Waals surface area contributed by atoms with Crippen molar-refractivity contribution in [2.45, 2.75) is 64.2 Å². The van der Waals surface area contributed by atoms with E-state index in [1.54, 1.807) is 0 Å². The van der Waals surface area contributed by atoms with Crippen molar-refractivity contribution in [2.75, 3.05) is 13.2 Å². The number of carbonyl (C=O) groups is 1. The van der Waals surface area contributed by atoms with E-state index < -0.39 is 6.10 Å². The lowest BCUT2D eigenvalue weighted by Gasteiger charge is -2.27. The van der Waals surface area contributed by atoms with Gasteiger partial charge in [-0.15, -0.1) is 0 Å². The summed E-state index contributed by atoms with van der Waals surface area (Å²) in [4.78, 5) is 10.7. The molecule has 0 aromatic carbocycles. The summed E-state index contributed by atoms with van der Waals surface area (Å²) in [6.07, 6.45) is 4.74. The third kappa shape index (κ3) is 7.50. The highest BCUT2D eigenvalue weighted by atomic mass is 16.5. The van der Waals surface area contributed by atoms with E-state index in [1.807, 2.05) is 6.92 Å². The predicted octanol–water partition coefficient (Wildman–Crippen LogP) is 0.796. The van der Waals surface area contributed by atoms with E-state index in [2.05, 4.69) is 12.2 Å². The van der Waals surface area contributed by atoms with Gasteiger partial charge in [-0.1, -0.05) is 19.8 Å². The number of nitrogens with two attached hydrogens (primary N) is 1. The third-order valence-electron chi connectivity index (χ3n) is 3.62. The van der Waals surface area contributed by atoms with Gasteiger partial charge in [0.1, 0.15) is 0 Å². The number of carbonyl (C=O) groups excluding carboxylic acids is 1. The number of nitrogens with one attached hydrogen (secondary N) is 1. The summed E-state index contributed by atoms with van der Waals surface area (Å²) in [6.45, 7) is 4.91. The summed E-state index contributed by atoms with van der Waals surface area (Å²) in [7, 11) is 0. The molecule has 4 unspecified atom stereocenters. The predicted molar refractivity (Wildman–Crippen MR) is 74.7 cm³/mol. The van der Waals surface area contributed by atoms with Crippen molar-refractivity contribution in [1.82, 2.24) is 5.32 Å². The van der Waals surface area contributed by atoms with Crippen molar-refractivity contribution in [1.29, 1.82) is 0 Å². The molecule has 0 spiro atoms. The average molecular weight is 272 g/mol. The molecule has 5 heteroatoms. The summed E-state index contributed by atoms with van der Waals surface area (Å²) >= 11 is 0. The largest absolute Gasteiger partial charge is 0.389 e. The van der Waals surface area contributed by atoms with Crippen LogP contribution in [0.25, 0.3) is 0 Å². The van der Waals surface area contributed by atoms with Crippen molar-refractivity contribution < 1.29 is 14.6 Å². The second-order valence-electron chi connectivity index (χ2n) is 5.86. The lowest BCUT2D eigenvalue weighted by Crippen LogP contribution is -2.38. The Hall–Kier alpha value is -0.650. The molecule has 1 amide bonds.